The molecule has 0 aliphatic carbocycles. The van der Waals surface area contributed by atoms with Crippen molar-refractivity contribution in [3.63, 3.8) is 0 Å². The van der Waals surface area contributed by atoms with Crippen LogP contribution in [0.15, 0.2) is 28.8 Å². The molecule has 1 aromatic carbocycles. The molecule has 0 saturated carbocycles. The molecule has 136 valence electrons. The lowest BCUT2D eigenvalue weighted by Crippen LogP contribution is -2.34. The maximum atomic E-state index is 13.4. The molecule has 3 aromatic rings. The minimum Gasteiger partial charge on any atom is -0.355 e. The van der Waals surface area contributed by atoms with E-state index in [2.05, 4.69) is 19.6 Å². The molecule has 0 N–H and O–H groups in total. The summed E-state index contributed by atoms with van der Waals surface area (Å²) in [6.07, 6.45) is 2.03. The van der Waals surface area contributed by atoms with E-state index in [0.29, 0.717) is 12.3 Å². The number of benzene rings is 1. The van der Waals surface area contributed by atoms with Crippen molar-refractivity contribution in [3.05, 3.63) is 52.9 Å². The van der Waals surface area contributed by atoms with Gasteiger partial charge in [-0.1, -0.05) is 15.7 Å². The van der Waals surface area contributed by atoms with Gasteiger partial charge in [0.1, 0.15) is 4.88 Å². The van der Waals surface area contributed by atoms with Crippen molar-refractivity contribution in [1.29, 1.82) is 0 Å². The summed E-state index contributed by atoms with van der Waals surface area (Å²) in [6, 6.07) is 5.97. The molecule has 0 bridgehead atoms. The zero-order chi connectivity index (χ0) is 18.1. The van der Waals surface area contributed by atoms with E-state index in [1.807, 2.05) is 13.0 Å². The van der Waals surface area contributed by atoms with Crippen molar-refractivity contribution in [2.24, 2.45) is 0 Å². The molecule has 1 aliphatic heterocycles. The Balaban J connectivity index is 1.51. The molecule has 3 heterocycles. The van der Waals surface area contributed by atoms with Crippen LogP contribution in [0.4, 0.5) is 8.78 Å². The normalized spacial score (nSPS) is 18.3. The van der Waals surface area contributed by atoms with E-state index in [0.717, 1.165) is 47.8 Å². The van der Waals surface area contributed by atoms with Crippen LogP contribution in [-0.4, -0.2) is 32.7 Å². The van der Waals surface area contributed by atoms with Crippen LogP contribution >= 0.6 is 11.5 Å². The predicted octanol–water partition coefficient (Wildman–Crippen LogP) is 4.16. The van der Waals surface area contributed by atoms with Gasteiger partial charge in [0.25, 0.3) is 0 Å². The Morgan fingerprint density at radius 3 is 2.92 bits per heavy atom. The fourth-order valence-electron chi connectivity index (χ4n) is 3.42. The molecule has 1 atom stereocenters. The first-order chi connectivity index (χ1) is 12.6. The number of likely N-dealkylation sites (tertiary alicyclic amines) is 1. The van der Waals surface area contributed by atoms with Crippen LogP contribution in [0.2, 0.25) is 0 Å². The van der Waals surface area contributed by atoms with Gasteiger partial charge in [0.2, 0.25) is 0 Å². The third kappa shape index (κ3) is 3.52. The Hall–Kier alpha value is -2.19. The number of piperidine rings is 1. The molecule has 2 aromatic heterocycles. The van der Waals surface area contributed by atoms with E-state index in [1.54, 1.807) is 6.07 Å². The van der Waals surface area contributed by atoms with Crippen LogP contribution in [0.3, 0.4) is 0 Å². The van der Waals surface area contributed by atoms with Crippen molar-refractivity contribution >= 4 is 11.5 Å². The largest absolute Gasteiger partial charge is 0.355 e. The number of halogens is 2. The highest BCUT2D eigenvalue weighted by atomic mass is 32.1. The Morgan fingerprint density at radius 2 is 2.15 bits per heavy atom. The molecule has 1 saturated heterocycles. The first-order valence-electron chi connectivity index (χ1n) is 8.52. The Morgan fingerprint density at radius 1 is 1.27 bits per heavy atom. The average Bonchev–Trinajstić information content (AvgIpc) is 3.27. The van der Waals surface area contributed by atoms with Crippen LogP contribution in [0, 0.1) is 18.6 Å². The highest BCUT2D eigenvalue weighted by molar-refractivity contribution is 7.09. The second-order valence-corrected chi connectivity index (χ2v) is 7.40. The van der Waals surface area contributed by atoms with Crippen LogP contribution in [0.1, 0.15) is 35.7 Å². The van der Waals surface area contributed by atoms with Gasteiger partial charge in [-0.25, -0.2) is 8.78 Å². The van der Waals surface area contributed by atoms with E-state index in [4.69, 9.17) is 4.52 Å². The van der Waals surface area contributed by atoms with Gasteiger partial charge >= 0.3 is 0 Å². The van der Waals surface area contributed by atoms with Gasteiger partial charge < -0.3 is 4.52 Å². The van der Waals surface area contributed by atoms with Crippen molar-refractivity contribution in [2.45, 2.75) is 32.2 Å². The van der Waals surface area contributed by atoms with Gasteiger partial charge in [-0.3, -0.25) is 4.90 Å². The summed E-state index contributed by atoms with van der Waals surface area (Å²) in [6.45, 7) is 4.18. The lowest BCUT2D eigenvalue weighted by molar-refractivity contribution is 0.198. The second-order valence-electron chi connectivity index (χ2n) is 6.64. The molecule has 5 nitrogen and oxygen atoms in total. The minimum atomic E-state index is -0.814. The number of aryl methyl sites for hydroxylation is 1. The molecular weight excluding hydrogens is 358 g/mol. The molecule has 1 aliphatic rings. The Labute approximate surface area is 153 Å². The smallest absolute Gasteiger partial charge is 0.180 e. The third-order valence-electron chi connectivity index (χ3n) is 4.65. The minimum absolute atomic E-state index is 0.230. The zero-order valence-corrected chi connectivity index (χ0v) is 15.1. The molecule has 8 heteroatoms. The molecular formula is C18H18F2N4OS. The second kappa shape index (κ2) is 7.20. The number of aromatic nitrogens is 3. The topological polar surface area (TPSA) is 55.1 Å². The van der Waals surface area contributed by atoms with Gasteiger partial charge in [-0.2, -0.15) is 0 Å². The Bertz CT molecular complexity index is 910. The maximum absolute atomic E-state index is 13.4. The van der Waals surface area contributed by atoms with E-state index in [1.165, 1.54) is 23.7 Å². The van der Waals surface area contributed by atoms with Crippen LogP contribution in [0.25, 0.3) is 10.6 Å². The van der Waals surface area contributed by atoms with E-state index >= 15 is 0 Å². The lowest BCUT2D eigenvalue weighted by atomic mass is 9.93. The summed E-state index contributed by atoms with van der Waals surface area (Å²) in [5, 5.41) is 8.28. The molecule has 1 fully saturated rings. The molecule has 0 amide bonds. The highest BCUT2D eigenvalue weighted by Gasteiger charge is 2.28. The van der Waals surface area contributed by atoms with Crippen molar-refractivity contribution in [3.8, 4) is 10.6 Å². The third-order valence-corrected chi connectivity index (χ3v) is 5.40. The van der Waals surface area contributed by atoms with E-state index in [9.17, 15) is 8.78 Å². The van der Waals surface area contributed by atoms with Crippen molar-refractivity contribution in [2.75, 3.05) is 13.1 Å². The summed E-state index contributed by atoms with van der Waals surface area (Å²) in [7, 11) is 0. The summed E-state index contributed by atoms with van der Waals surface area (Å²) in [5.74, 6) is -0.688. The SMILES string of the molecule is Cc1cc(-c2snnc2C2CCCN(Cc3ccc(F)c(F)c3)C2)on1. The molecule has 26 heavy (non-hydrogen) atoms. The number of rotatable bonds is 4. The van der Waals surface area contributed by atoms with Gasteiger partial charge in [0.05, 0.1) is 11.4 Å². The number of hydrogen-bond acceptors (Lipinski definition) is 6. The molecule has 0 radical (unpaired) electrons. The average molecular weight is 376 g/mol. The first-order valence-corrected chi connectivity index (χ1v) is 9.29. The number of nitrogens with zero attached hydrogens (tertiary/aromatic N) is 4. The Kier molecular flexibility index (Phi) is 4.78. The highest BCUT2D eigenvalue weighted by Crippen LogP contribution is 2.35. The van der Waals surface area contributed by atoms with Crippen LogP contribution in [0.5, 0.6) is 0 Å². The predicted molar refractivity (Wildman–Crippen MR) is 93.8 cm³/mol. The summed E-state index contributed by atoms with van der Waals surface area (Å²) < 4.78 is 36.0. The molecule has 4 rings (SSSR count). The van der Waals surface area contributed by atoms with Crippen molar-refractivity contribution in [1.82, 2.24) is 19.6 Å². The fourth-order valence-corrected chi connectivity index (χ4v) is 4.12. The van der Waals surface area contributed by atoms with E-state index < -0.39 is 11.6 Å². The van der Waals surface area contributed by atoms with Crippen LogP contribution < -0.4 is 0 Å². The summed E-state index contributed by atoms with van der Waals surface area (Å²) in [4.78, 5) is 3.17. The number of hydrogen-bond donors (Lipinski definition) is 0. The quantitative estimate of drug-likeness (QED) is 0.684. The summed E-state index contributed by atoms with van der Waals surface area (Å²) in [5.41, 5.74) is 2.52. The molecule has 0 spiro atoms. The standard InChI is InChI=1S/C18H18F2N4OS/c1-11-7-16(25-22-11)18-17(21-23-26-18)13-3-2-6-24(10-13)9-12-4-5-14(19)15(20)8-12/h4-5,7-8,13H,2-3,6,9-10H2,1H3. The monoisotopic (exact) mass is 376 g/mol. The first kappa shape index (κ1) is 17.2. The summed E-state index contributed by atoms with van der Waals surface area (Å²) >= 11 is 1.31. The van der Waals surface area contributed by atoms with Gasteiger partial charge in [-0.15, -0.1) is 5.10 Å². The van der Waals surface area contributed by atoms with Gasteiger partial charge in [0.15, 0.2) is 17.4 Å². The van der Waals surface area contributed by atoms with E-state index in [-0.39, 0.29) is 5.92 Å². The maximum Gasteiger partial charge on any atom is 0.180 e. The van der Waals surface area contributed by atoms with Crippen molar-refractivity contribution < 1.29 is 13.3 Å². The molecule has 1 unspecified atom stereocenters. The van der Waals surface area contributed by atoms with Gasteiger partial charge in [0, 0.05) is 25.1 Å². The zero-order valence-electron chi connectivity index (χ0n) is 14.3. The van der Waals surface area contributed by atoms with Gasteiger partial charge in [-0.05, 0) is 55.5 Å². The lowest BCUT2D eigenvalue weighted by Gasteiger charge is -2.32. The fraction of sp³-hybridized carbons (Fsp3) is 0.389. The van der Waals surface area contributed by atoms with Crippen LogP contribution in [-0.2, 0) is 6.54 Å².